The van der Waals surface area contributed by atoms with Crippen LogP contribution in [0.25, 0.3) is 0 Å². The van der Waals surface area contributed by atoms with Crippen LogP contribution in [0.4, 0.5) is 0 Å². The highest BCUT2D eigenvalue weighted by Gasteiger charge is 2.40. The van der Waals surface area contributed by atoms with Crippen LogP contribution in [0.15, 0.2) is 30.3 Å². The molecule has 1 saturated heterocycles. The normalized spacial score (nSPS) is 26.1. The highest BCUT2D eigenvalue weighted by molar-refractivity contribution is 5.15. The van der Waals surface area contributed by atoms with Gasteiger partial charge >= 0.3 is 0 Å². The fourth-order valence-corrected chi connectivity index (χ4v) is 4.01. The molecule has 20 heavy (non-hydrogen) atoms. The minimum Gasteiger partial charge on any atom is -0.308 e. The van der Waals surface area contributed by atoms with Crippen molar-refractivity contribution in [3.63, 3.8) is 0 Å². The van der Waals surface area contributed by atoms with Crippen LogP contribution in [0.3, 0.4) is 0 Å². The largest absolute Gasteiger partial charge is 0.308 e. The van der Waals surface area contributed by atoms with E-state index in [1.54, 1.807) is 0 Å². The maximum Gasteiger partial charge on any atom is 0.0309 e. The first-order valence-corrected chi connectivity index (χ1v) is 8.34. The minimum atomic E-state index is 0.447. The molecule has 2 aliphatic rings. The Morgan fingerprint density at radius 2 is 1.95 bits per heavy atom. The first kappa shape index (κ1) is 14.1. The fourth-order valence-electron chi connectivity index (χ4n) is 4.01. The molecule has 3 rings (SSSR count). The Hall–Kier alpha value is -0.860. The van der Waals surface area contributed by atoms with E-state index in [0.717, 1.165) is 6.04 Å². The van der Waals surface area contributed by atoms with Gasteiger partial charge in [0.15, 0.2) is 0 Å². The smallest absolute Gasteiger partial charge is 0.0309 e. The maximum atomic E-state index is 3.88. The quantitative estimate of drug-likeness (QED) is 0.905. The number of hydrogen-bond acceptors (Lipinski definition) is 2. The summed E-state index contributed by atoms with van der Waals surface area (Å²) in [6.07, 6.45) is 8.04. The van der Waals surface area contributed by atoms with Crippen molar-refractivity contribution < 1.29 is 0 Å². The average Bonchev–Trinajstić information content (AvgIpc) is 2.94. The van der Waals surface area contributed by atoms with Crippen LogP contribution in [-0.4, -0.2) is 36.1 Å². The molecule has 1 aromatic carbocycles. The molecule has 1 N–H and O–H groups in total. The van der Waals surface area contributed by atoms with E-state index in [4.69, 9.17) is 0 Å². The Balaban J connectivity index is 1.62. The average molecular weight is 272 g/mol. The summed E-state index contributed by atoms with van der Waals surface area (Å²) in [7, 11) is 0. The van der Waals surface area contributed by atoms with Gasteiger partial charge in [-0.25, -0.2) is 0 Å². The highest BCUT2D eigenvalue weighted by Crippen LogP contribution is 2.33. The van der Waals surface area contributed by atoms with E-state index < -0.39 is 0 Å². The van der Waals surface area contributed by atoms with Crippen LogP contribution in [-0.2, 0) is 6.42 Å². The lowest BCUT2D eigenvalue weighted by atomic mass is 9.91. The molecule has 1 spiro atoms. The molecule has 1 heterocycles. The summed E-state index contributed by atoms with van der Waals surface area (Å²) in [5, 5.41) is 3.88. The van der Waals surface area contributed by atoms with Crippen LogP contribution in [0, 0.1) is 0 Å². The van der Waals surface area contributed by atoms with Crippen molar-refractivity contribution in [3.05, 3.63) is 35.9 Å². The fraction of sp³-hybridized carbons (Fsp3) is 0.667. The zero-order chi connectivity index (χ0) is 13.8. The molecule has 0 amide bonds. The first-order valence-electron chi connectivity index (χ1n) is 8.34. The van der Waals surface area contributed by atoms with E-state index >= 15 is 0 Å². The minimum absolute atomic E-state index is 0.447. The number of benzene rings is 1. The SMILES string of the molecule is CCC1CNC2(CCCC2)CN1CCc1ccccc1. The Labute approximate surface area is 123 Å². The van der Waals surface area contributed by atoms with Crippen LogP contribution >= 0.6 is 0 Å². The van der Waals surface area contributed by atoms with E-state index in [9.17, 15) is 0 Å². The van der Waals surface area contributed by atoms with Gasteiger partial charge < -0.3 is 5.32 Å². The van der Waals surface area contributed by atoms with Crippen LogP contribution in [0.1, 0.15) is 44.6 Å². The Kier molecular flexibility index (Phi) is 4.42. The number of piperazine rings is 1. The summed E-state index contributed by atoms with van der Waals surface area (Å²) < 4.78 is 0. The second-order valence-corrected chi connectivity index (χ2v) is 6.64. The van der Waals surface area contributed by atoms with Crippen LogP contribution < -0.4 is 5.32 Å². The van der Waals surface area contributed by atoms with Crippen molar-refractivity contribution in [2.24, 2.45) is 0 Å². The summed E-state index contributed by atoms with van der Waals surface area (Å²) in [6.45, 7) is 5.99. The van der Waals surface area contributed by atoms with Gasteiger partial charge in [-0.1, -0.05) is 50.1 Å². The molecular formula is C18H28N2. The molecule has 1 aliphatic heterocycles. The van der Waals surface area contributed by atoms with Crippen molar-refractivity contribution >= 4 is 0 Å². The third-order valence-corrected chi connectivity index (χ3v) is 5.30. The summed E-state index contributed by atoms with van der Waals surface area (Å²) in [5.41, 5.74) is 1.92. The predicted molar refractivity (Wildman–Crippen MR) is 85.0 cm³/mol. The van der Waals surface area contributed by atoms with E-state index in [1.165, 1.54) is 63.7 Å². The summed E-state index contributed by atoms with van der Waals surface area (Å²) in [5.74, 6) is 0. The Morgan fingerprint density at radius 3 is 2.65 bits per heavy atom. The lowest BCUT2D eigenvalue weighted by Gasteiger charge is -2.46. The monoisotopic (exact) mass is 272 g/mol. The molecule has 1 aliphatic carbocycles. The molecule has 2 nitrogen and oxygen atoms in total. The molecule has 0 aromatic heterocycles. The van der Waals surface area contributed by atoms with Crippen LogP contribution in [0.2, 0.25) is 0 Å². The lowest BCUT2D eigenvalue weighted by Crippen LogP contribution is -2.63. The second kappa shape index (κ2) is 6.28. The van der Waals surface area contributed by atoms with Gasteiger partial charge in [-0.2, -0.15) is 0 Å². The van der Waals surface area contributed by atoms with Crippen molar-refractivity contribution in [2.45, 2.75) is 57.0 Å². The number of rotatable bonds is 4. The van der Waals surface area contributed by atoms with Crippen molar-refractivity contribution in [2.75, 3.05) is 19.6 Å². The van der Waals surface area contributed by atoms with E-state index in [-0.39, 0.29) is 0 Å². The molecule has 1 unspecified atom stereocenters. The Bertz CT molecular complexity index is 409. The van der Waals surface area contributed by atoms with Crippen molar-refractivity contribution in [3.8, 4) is 0 Å². The molecule has 1 atom stereocenters. The molecule has 1 aromatic rings. The number of hydrogen-bond donors (Lipinski definition) is 1. The van der Waals surface area contributed by atoms with Crippen LogP contribution in [0.5, 0.6) is 0 Å². The second-order valence-electron chi connectivity index (χ2n) is 6.64. The molecule has 0 radical (unpaired) electrons. The third kappa shape index (κ3) is 3.07. The lowest BCUT2D eigenvalue weighted by molar-refractivity contribution is 0.0794. The van der Waals surface area contributed by atoms with Crippen molar-refractivity contribution in [1.29, 1.82) is 0 Å². The zero-order valence-electron chi connectivity index (χ0n) is 12.8. The van der Waals surface area contributed by atoms with Gasteiger partial charge in [0.1, 0.15) is 0 Å². The van der Waals surface area contributed by atoms with Gasteiger partial charge in [0.2, 0.25) is 0 Å². The molecule has 2 heteroatoms. The van der Waals surface area contributed by atoms with Gasteiger partial charge in [0, 0.05) is 31.2 Å². The third-order valence-electron chi connectivity index (χ3n) is 5.30. The molecule has 110 valence electrons. The molecular weight excluding hydrogens is 244 g/mol. The highest BCUT2D eigenvalue weighted by atomic mass is 15.3. The summed E-state index contributed by atoms with van der Waals surface area (Å²) in [6, 6.07) is 11.7. The van der Waals surface area contributed by atoms with E-state index in [2.05, 4.69) is 47.5 Å². The van der Waals surface area contributed by atoms with Gasteiger partial charge in [0.05, 0.1) is 0 Å². The molecule has 2 fully saturated rings. The number of nitrogens with one attached hydrogen (secondary N) is 1. The Morgan fingerprint density at radius 1 is 1.20 bits per heavy atom. The van der Waals surface area contributed by atoms with Gasteiger partial charge in [-0.05, 0) is 31.2 Å². The first-order chi connectivity index (χ1) is 9.81. The topological polar surface area (TPSA) is 15.3 Å². The van der Waals surface area contributed by atoms with E-state index in [1.807, 2.05) is 0 Å². The number of nitrogens with zero attached hydrogens (tertiary/aromatic N) is 1. The van der Waals surface area contributed by atoms with E-state index in [0.29, 0.717) is 5.54 Å². The molecule has 1 saturated carbocycles. The standard InChI is InChI=1S/C18H28N2/c1-2-17-14-19-18(11-6-7-12-18)15-20(17)13-10-16-8-4-3-5-9-16/h3-5,8-9,17,19H,2,6-7,10-15H2,1H3. The van der Waals surface area contributed by atoms with Gasteiger partial charge in [-0.15, -0.1) is 0 Å². The summed E-state index contributed by atoms with van der Waals surface area (Å²) >= 11 is 0. The van der Waals surface area contributed by atoms with Crippen molar-refractivity contribution in [1.82, 2.24) is 10.2 Å². The van der Waals surface area contributed by atoms with Gasteiger partial charge in [0.25, 0.3) is 0 Å². The maximum absolute atomic E-state index is 3.88. The summed E-state index contributed by atoms with van der Waals surface area (Å²) in [4.78, 5) is 2.76. The zero-order valence-corrected chi connectivity index (χ0v) is 12.8. The predicted octanol–water partition coefficient (Wildman–Crippen LogP) is 3.23. The molecule has 0 bridgehead atoms. The van der Waals surface area contributed by atoms with Gasteiger partial charge in [-0.3, -0.25) is 4.90 Å².